The maximum atomic E-state index is 14.1. The van der Waals surface area contributed by atoms with Crippen molar-refractivity contribution < 1.29 is 19.1 Å². The van der Waals surface area contributed by atoms with Crippen molar-refractivity contribution in [1.82, 2.24) is 20.2 Å². The van der Waals surface area contributed by atoms with Crippen LogP contribution in [0.1, 0.15) is 45.1 Å². The summed E-state index contributed by atoms with van der Waals surface area (Å²) in [6, 6.07) is 5.59. The normalized spacial score (nSPS) is 21.9. The lowest BCUT2D eigenvalue weighted by molar-refractivity contribution is -0.141. The second kappa shape index (κ2) is 10.1. The van der Waals surface area contributed by atoms with E-state index in [1.165, 1.54) is 0 Å². The largest absolute Gasteiger partial charge is 0.493 e. The summed E-state index contributed by atoms with van der Waals surface area (Å²) >= 11 is 0. The third-order valence-electron chi connectivity index (χ3n) is 8.39. The lowest BCUT2D eigenvalue weighted by atomic mass is 9.65. The number of benzene rings is 1. The van der Waals surface area contributed by atoms with Crippen molar-refractivity contribution in [2.75, 3.05) is 51.1 Å². The number of methoxy groups -OCH3 is 1. The Morgan fingerprint density at radius 2 is 1.97 bits per heavy atom. The molecule has 1 aliphatic carbocycles. The Hall–Kier alpha value is -3.40. The molecular formula is C28H38N6O4. The number of carbonyl (C=O) groups excluding carboxylic acids is 2. The van der Waals surface area contributed by atoms with Crippen molar-refractivity contribution in [3.8, 4) is 11.5 Å². The Labute approximate surface area is 224 Å². The summed E-state index contributed by atoms with van der Waals surface area (Å²) in [6.07, 6.45) is 5.43. The summed E-state index contributed by atoms with van der Waals surface area (Å²) in [4.78, 5) is 40.5. The molecule has 3 aliphatic rings. The predicted molar refractivity (Wildman–Crippen MR) is 145 cm³/mol. The molecule has 1 saturated carbocycles. The summed E-state index contributed by atoms with van der Waals surface area (Å²) in [7, 11) is 5.60. The van der Waals surface area contributed by atoms with Crippen LogP contribution in [0.2, 0.25) is 0 Å². The Bertz CT molecular complexity index is 1230. The van der Waals surface area contributed by atoms with E-state index in [2.05, 4.69) is 34.4 Å². The topological polar surface area (TPSA) is 109 Å². The molecule has 10 heteroatoms. The van der Waals surface area contributed by atoms with Crippen LogP contribution < -0.4 is 25.0 Å². The summed E-state index contributed by atoms with van der Waals surface area (Å²) < 4.78 is 11.4. The van der Waals surface area contributed by atoms with E-state index in [0.717, 1.165) is 37.1 Å². The predicted octanol–water partition coefficient (Wildman–Crippen LogP) is 3.14. The minimum Gasteiger partial charge on any atom is -0.493 e. The van der Waals surface area contributed by atoms with Crippen LogP contribution >= 0.6 is 0 Å². The first-order chi connectivity index (χ1) is 18.2. The quantitative estimate of drug-likeness (QED) is 0.484. The van der Waals surface area contributed by atoms with Gasteiger partial charge in [0.25, 0.3) is 0 Å². The molecule has 2 amide bonds. The molecule has 2 fully saturated rings. The van der Waals surface area contributed by atoms with Crippen molar-refractivity contribution >= 4 is 29.3 Å². The van der Waals surface area contributed by atoms with Crippen LogP contribution in [-0.4, -0.2) is 73.1 Å². The van der Waals surface area contributed by atoms with Crippen molar-refractivity contribution in [3.63, 3.8) is 0 Å². The van der Waals surface area contributed by atoms with Crippen LogP contribution in [-0.2, 0) is 16.0 Å². The molecule has 2 N–H and O–H groups in total. The first-order valence-corrected chi connectivity index (χ1v) is 13.4. The number of carbonyl (C=O) groups is 2. The first kappa shape index (κ1) is 26.2. The molecule has 1 aromatic heterocycles. The van der Waals surface area contributed by atoms with Gasteiger partial charge in [0, 0.05) is 43.0 Å². The number of aromatic nitrogens is 2. The van der Waals surface area contributed by atoms with Crippen LogP contribution in [0, 0.1) is 11.3 Å². The number of hydrogen-bond donors (Lipinski definition) is 2. The number of rotatable bonds is 9. The molecule has 0 bridgehead atoms. The number of nitrogens with zero attached hydrogens (tertiary/aromatic N) is 4. The fourth-order valence-electron chi connectivity index (χ4n) is 5.88. The number of amides is 2. The maximum Gasteiger partial charge on any atom is 0.244 e. The summed E-state index contributed by atoms with van der Waals surface area (Å²) in [5.41, 5.74) is 0.159. The third-order valence-corrected chi connectivity index (χ3v) is 8.39. The fraction of sp³-hybridized carbons (Fsp3) is 0.571. The minimum atomic E-state index is -1.07. The SMILES string of the molecule is COc1cc(Nc2ncc3c(n2)N(C2(C(C)C)CCC2)C(=O)[C@]2(CCNC2=O)C3)ccc1OCCN(C)C. The monoisotopic (exact) mass is 522 g/mol. The van der Waals surface area contributed by atoms with Gasteiger partial charge in [-0.05, 0) is 57.8 Å². The van der Waals surface area contributed by atoms with E-state index < -0.39 is 5.41 Å². The zero-order valence-electron chi connectivity index (χ0n) is 23.0. The number of likely N-dealkylation sites (N-methyl/N-ethyl adjacent to an activating group) is 1. The van der Waals surface area contributed by atoms with Crippen LogP contribution in [0.5, 0.6) is 11.5 Å². The molecule has 5 rings (SSSR count). The Kier molecular flexibility index (Phi) is 6.94. The third kappa shape index (κ3) is 4.34. The number of anilines is 3. The Morgan fingerprint density at radius 1 is 1.18 bits per heavy atom. The molecule has 38 heavy (non-hydrogen) atoms. The van der Waals surface area contributed by atoms with Crippen LogP contribution in [0.3, 0.4) is 0 Å². The van der Waals surface area contributed by atoms with Gasteiger partial charge in [-0.2, -0.15) is 4.98 Å². The highest BCUT2D eigenvalue weighted by atomic mass is 16.5. The van der Waals surface area contributed by atoms with Crippen LogP contribution in [0.4, 0.5) is 17.5 Å². The van der Waals surface area contributed by atoms with Gasteiger partial charge in [0.2, 0.25) is 17.8 Å². The lowest BCUT2D eigenvalue weighted by Crippen LogP contribution is -2.66. The van der Waals surface area contributed by atoms with Crippen molar-refractivity contribution in [1.29, 1.82) is 0 Å². The maximum absolute atomic E-state index is 14.1. The van der Waals surface area contributed by atoms with Crippen LogP contribution in [0.15, 0.2) is 24.4 Å². The molecule has 10 nitrogen and oxygen atoms in total. The molecule has 2 aromatic rings. The Balaban J connectivity index is 1.47. The van der Waals surface area contributed by atoms with Gasteiger partial charge >= 0.3 is 0 Å². The van der Waals surface area contributed by atoms with Gasteiger partial charge in [0.1, 0.15) is 17.8 Å². The van der Waals surface area contributed by atoms with E-state index in [4.69, 9.17) is 14.5 Å². The standard InChI is InChI=1S/C28H38N6O4/c1-18(2)28(9-6-10-28)34-23-19(16-27(25(34)36)11-12-29-24(27)35)17-30-26(32-23)31-20-7-8-21(22(15-20)37-5)38-14-13-33(3)4/h7-8,15,17-18H,6,9-14,16H2,1-5H3,(H,29,35)(H,30,31,32)/t27-/m1/s1. The number of ether oxygens (including phenoxy) is 2. The van der Waals surface area contributed by atoms with Gasteiger partial charge in [-0.15, -0.1) is 0 Å². The molecule has 1 saturated heterocycles. The second-order valence-corrected chi connectivity index (χ2v) is 11.2. The number of nitrogens with one attached hydrogen (secondary N) is 2. The van der Waals surface area contributed by atoms with Crippen LogP contribution in [0.25, 0.3) is 0 Å². The second-order valence-electron chi connectivity index (χ2n) is 11.2. The average molecular weight is 523 g/mol. The number of fused-ring (bicyclic) bond motifs is 1. The molecule has 1 spiro atoms. The molecular weight excluding hydrogens is 484 g/mol. The Morgan fingerprint density at radius 3 is 2.58 bits per heavy atom. The van der Waals surface area contributed by atoms with E-state index in [1.54, 1.807) is 13.3 Å². The molecule has 204 valence electrons. The van der Waals surface area contributed by atoms with E-state index in [9.17, 15) is 9.59 Å². The van der Waals surface area contributed by atoms with E-state index in [-0.39, 0.29) is 23.3 Å². The molecule has 3 heterocycles. The highest BCUT2D eigenvalue weighted by Crippen LogP contribution is 2.52. The van der Waals surface area contributed by atoms with Gasteiger partial charge in [-0.1, -0.05) is 13.8 Å². The highest BCUT2D eigenvalue weighted by Gasteiger charge is 2.60. The fourth-order valence-corrected chi connectivity index (χ4v) is 5.88. The highest BCUT2D eigenvalue weighted by molar-refractivity contribution is 6.15. The van der Waals surface area contributed by atoms with Gasteiger partial charge in [0.05, 0.1) is 12.6 Å². The van der Waals surface area contributed by atoms with Gasteiger partial charge in [0.15, 0.2) is 11.5 Å². The number of hydrogen-bond acceptors (Lipinski definition) is 8. The van der Waals surface area contributed by atoms with Gasteiger partial charge < -0.3 is 25.0 Å². The minimum absolute atomic E-state index is 0.126. The zero-order valence-corrected chi connectivity index (χ0v) is 23.0. The average Bonchev–Trinajstić information content (AvgIpc) is 3.22. The van der Waals surface area contributed by atoms with E-state index >= 15 is 0 Å². The molecule has 0 radical (unpaired) electrons. The van der Waals surface area contributed by atoms with Crippen molar-refractivity contribution in [3.05, 3.63) is 30.0 Å². The molecule has 2 aliphatic heterocycles. The van der Waals surface area contributed by atoms with Crippen molar-refractivity contribution in [2.45, 2.75) is 51.5 Å². The van der Waals surface area contributed by atoms with E-state index in [1.807, 2.05) is 37.2 Å². The first-order valence-electron chi connectivity index (χ1n) is 13.4. The lowest BCUT2D eigenvalue weighted by Gasteiger charge is -2.56. The summed E-state index contributed by atoms with van der Waals surface area (Å²) in [6.45, 7) is 6.15. The molecule has 0 unspecified atom stereocenters. The van der Waals surface area contributed by atoms with E-state index in [0.29, 0.717) is 49.3 Å². The van der Waals surface area contributed by atoms with Crippen molar-refractivity contribution in [2.24, 2.45) is 11.3 Å². The summed E-state index contributed by atoms with van der Waals surface area (Å²) in [5, 5.41) is 6.16. The smallest absolute Gasteiger partial charge is 0.244 e. The zero-order chi connectivity index (χ0) is 27.1. The molecule has 1 aromatic carbocycles. The molecule has 1 atom stereocenters. The van der Waals surface area contributed by atoms with Gasteiger partial charge in [-0.25, -0.2) is 4.98 Å². The summed E-state index contributed by atoms with van der Waals surface area (Å²) in [5.74, 6) is 2.18. The van der Waals surface area contributed by atoms with Gasteiger partial charge in [-0.3, -0.25) is 14.5 Å².